The number of hydrogen-bond acceptors (Lipinski definition) is 1. The summed E-state index contributed by atoms with van der Waals surface area (Å²) in [6.45, 7) is 2.30. The van der Waals surface area contributed by atoms with Crippen molar-refractivity contribution in [1.82, 2.24) is 4.90 Å². The quantitative estimate of drug-likeness (QED) is 0.141. The zero-order valence-electron chi connectivity index (χ0n) is 21.3. The van der Waals surface area contributed by atoms with E-state index >= 15 is 0 Å². The van der Waals surface area contributed by atoms with Crippen LogP contribution in [0.2, 0.25) is 0 Å². The van der Waals surface area contributed by atoms with Crippen molar-refractivity contribution in [2.45, 2.75) is 161 Å². The molecule has 180 valence electrons. The molecular formula is C28H57NO. The molecule has 0 atom stereocenters. The lowest BCUT2D eigenvalue weighted by Crippen LogP contribution is -2.20. The molecule has 1 amide bonds. The number of hydrogen-bond donors (Lipinski definition) is 0. The average molecular weight is 424 g/mol. The highest BCUT2D eigenvalue weighted by Gasteiger charge is 2.02. The van der Waals surface area contributed by atoms with Gasteiger partial charge in [-0.1, -0.05) is 148 Å². The Morgan fingerprint density at radius 1 is 0.433 bits per heavy atom. The lowest BCUT2D eigenvalue weighted by atomic mass is 10.0. The Hall–Kier alpha value is -0.530. The van der Waals surface area contributed by atoms with Crippen molar-refractivity contribution in [3.63, 3.8) is 0 Å². The summed E-state index contributed by atoms with van der Waals surface area (Å²) in [5.74, 6) is 0.276. The summed E-state index contributed by atoms with van der Waals surface area (Å²) >= 11 is 0. The Morgan fingerprint density at radius 2 is 0.667 bits per heavy atom. The van der Waals surface area contributed by atoms with E-state index in [4.69, 9.17) is 0 Å². The standard InChI is InChI=1S/C28H57NO/c1-4-5-6-7-8-9-10-11-12-13-14-15-16-17-18-19-20-21-22-23-24-25-26-27-28(30)29(2)3/h4-27H2,1-3H3. The van der Waals surface area contributed by atoms with Gasteiger partial charge in [0, 0.05) is 20.5 Å². The largest absolute Gasteiger partial charge is 0.349 e. The predicted molar refractivity (Wildman–Crippen MR) is 135 cm³/mol. The monoisotopic (exact) mass is 423 g/mol. The van der Waals surface area contributed by atoms with E-state index in [1.165, 1.54) is 141 Å². The van der Waals surface area contributed by atoms with Gasteiger partial charge in [0.25, 0.3) is 0 Å². The number of amides is 1. The second kappa shape index (κ2) is 24.7. The van der Waals surface area contributed by atoms with Crippen molar-refractivity contribution in [1.29, 1.82) is 0 Å². The first-order valence-corrected chi connectivity index (χ1v) is 13.9. The van der Waals surface area contributed by atoms with E-state index in [0.29, 0.717) is 0 Å². The van der Waals surface area contributed by atoms with Crippen LogP contribution < -0.4 is 0 Å². The van der Waals surface area contributed by atoms with Gasteiger partial charge in [-0.05, 0) is 6.42 Å². The van der Waals surface area contributed by atoms with Crippen LogP contribution in [0.1, 0.15) is 161 Å². The minimum absolute atomic E-state index is 0.276. The van der Waals surface area contributed by atoms with Crippen LogP contribution in [0.5, 0.6) is 0 Å². The highest BCUT2D eigenvalue weighted by atomic mass is 16.2. The van der Waals surface area contributed by atoms with Crippen molar-refractivity contribution in [3.05, 3.63) is 0 Å². The summed E-state index contributed by atoms with van der Waals surface area (Å²) in [6.07, 6.45) is 33.2. The van der Waals surface area contributed by atoms with E-state index < -0.39 is 0 Å². The zero-order valence-corrected chi connectivity index (χ0v) is 21.3. The van der Waals surface area contributed by atoms with Crippen molar-refractivity contribution < 1.29 is 4.79 Å². The average Bonchev–Trinajstić information content (AvgIpc) is 2.74. The number of carbonyl (C=O) groups excluding carboxylic acids is 1. The van der Waals surface area contributed by atoms with E-state index in [1.54, 1.807) is 4.90 Å². The van der Waals surface area contributed by atoms with Crippen LogP contribution in [-0.4, -0.2) is 24.9 Å². The van der Waals surface area contributed by atoms with Crippen molar-refractivity contribution in [2.75, 3.05) is 14.1 Å². The van der Waals surface area contributed by atoms with Crippen molar-refractivity contribution >= 4 is 5.91 Å². The second-order valence-electron chi connectivity index (χ2n) is 9.82. The van der Waals surface area contributed by atoms with Crippen LogP contribution in [0.25, 0.3) is 0 Å². The molecule has 0 bridgehead atoms. The number of nitrogens with zero attached hydrogens (tertiary/aromatic N) is 1. The SMILES string of the molecule is CCCCCCCCCCCCCCCCCCCCCCCCCC(=O)N(C)C. The maximum absolute atomic E-state index is 11.5. The third kappa shape index (κ3) is 23.7. The van der Waals surface area contributed by atoms with Crippen LogP contribution in [0.15, 0.2) is 0 Å². The summed E-state index contributed by atoms with van der Waals surface area (Å²) in [5.41, 5.74) is 0. The van der Waals surface area contributed by atoms with E-state index in [9.17, 15) is 4.79 Å². The van der Waals surface area contributed by atoms with E-state index in [2.05, 4.69) is 6.92 Å². The Kier molecular flexibility index (Phi) is 24.3. The van der Waals surface area contributed by atoms with Crippen molar-refractivity contribution in [2.24, 2.45) is 0 Å². The summed E-state index contributed by atoms with van der Waals surface area (Å²) in [6, 6.07) is 0. The summed E-state index contributed by atoms with van der Waals surface area (Å²) in [5, 5.41) is 0. The van der Waals surface area contributed by atoms with Gasteiger partial charge in [-0.15, -0.1) is 0 Å². The van der Waals surface area contributed by atoms with Gasteiger partial charge in [-0.3, -0.25) is 4.79 Å². The molecule has 0 saturated carbocycles. The smallest absolute Gasteiger partial charge is 0.222 e. The molecule has 0 rings (SSSR count). The molecule has 0 spiro atoms. The first-order chi connectivity index (χ1) is 14.7. The fourth-order valence-electron chi connectivity index (χ4n) is 4.29. The van der Waals surface area contributed by atoms with Crippen LogP contribution in [0, 0.1) is 0 Å². The van der Waals surface area contributed by atoms with Gasteiger partial charge < -0.3 is 4.90 Å². The summed E-state index contributed by atoms with van der Waals surface area (Å²) < 4.78 is 0. The lowest BCUT2D eigenvalue weighted by molar-refractivity contribution is -0.128. The van der Waals surface area contributed by atoms with Gasteiger partial charge in [0.15, 0.2) is 0 Å². The predicted octanol–water partition coefficient (Wildman–Crippen LogP) is 9.46. The molecule has 30 heavy (non-hydrogen) atoms. The molecule has 0 N–H and O–H groups in total. The van der Waals surface area contributed by atoms with Crippen LogP contribution in [0.4, 0.5) is 0 Å². The van der Waals surface area contributed by atoms with E-state index in [-0.39, 0.29) is 5.91 Å². The molecule has 0 aliphatic carbocycles. The molecule has 0 radical (unpaired) electrons. The fourth-order valence-corrected chi connectivity index (χ4v) is 4.29. The first kappa shape index (κ1) is 29.5. The molecule has 0 fully saturated rings. The maximum Gasteiger partial charge on any atom is 0.222 e. The van der Waals surface area contributed by atoms with Gasteiger partial charge in [-0.2, -0.15) is 0 Å². The highest BCUT2D eigenvalue weighted by Crippen LogP contribution is 2.15. The van der Waals surface area contributed by atoms with Gasteiger partial charge >= 0.3 is 0 Å². The Bertz CT molecular complexity index is 340. The van der Waals surface area contributed by atoms with Crippen LogP contribution in [-0.2, 0) is 4.79 Å². The Balaban J connectivity index is 3.04. The Labute approximate surface area is 191 Å². The maximum atomic E-state index is 11.5. The normalized spacial score (nSPS) is 11.2. The fraction of sp³-hybridized carbons (Fsp3) is 0.964. The molecule has 0 aromatic rings. The van der Waals surface area contributed by atoms with Crippen LogP contribution >= 0.6 is 0 Å². The first-order valence-electron chi connectivity index (χ1n) is 13.9. The van der Waals surface area contributed by atoms with Crippen LogP contribution in [0.3, 0.4) is 0 Å². The molecule has 0 aromatic heterocycles. The third-order valence-corrected chi connectivity index (χ3v) is 6.49. The molecule has 0 aliphatic rings. The molecule has 0 aliphatic heterocycles. The van der Waals surface area contributed by atoms with Gasteiger partial charge in [0.2, 0.25) is 5.91 Å². The highest BCUT2D eigenvalue weighted by molar-refractivity contribution is 5.75. The third-order valence-electron chi connectivity index (χ3n) is 6.49. The van der Waals surface area contributed by atoms with E-state index in [1.807, 2.05) is 14.1 Å². The molecule has 0 saturated heterocycles. The number of rotatable bonds is 24. The second-order valence-corrected chi connectivity index (χ2v) is 9.82. The molecular weight excluding hydrogens is 366 g/mol. The van der Waals surface area contributed by atoms with Gasteiger partial charge in [0.1, 0.15) is 0 Å². The molecule has 0 aromatic carbocycles. The molecule has 2 heteroatoms. The summed E-state index contributed by atoms with van der Waals surface area (Å²) in [7, 11) is 3.70. The number of unbranched alkanes of at least 4 members (excludes halogenated alkanes) is 22. The minimum atomic E-state index is 0.276. The molecule has 0 heterocycles. The minimum Gasteiger partial charge on any atom is -0.349 e. The van der Waals surface area contributed by atoms with Gasteiger partial charge in [-0.25, -0.2) is 0 Å². The molecule has 2 nitrogen and oxygen atoms in total. The summed E-state index contributed by atoms with van der Waals surface area (Å²) in [4.78, 5) is 13.2. The lowest BCUT2D eigenvalue weighted by Gasteiger charge is -2.09. The zero-order chi connectivity index (χ0) is 22.1. The number of carbonyl (C=O) groups is 1. The Morgan fingerprint density at radius 3 is 0.900 bits per heavy atom. The van der Waals surface area contributed by atoms with E-state index in [0.717, 1.165) is 12.8 Å². The van der Waals surface area contributed by atoms with Crippen molar-refractivity contribution in [3.8, 4) is 0 Å². The molecule has 0 unspecified atom stereocenters. The topological polar surface area (TPSA) is 20.3 Å². The van der Waals surface area contributed by atoms with Gasteiger partial charge in [0.05, 0.1) is 0 Å².